The first-order valence-electron chi connectivity index (χ1n) is 7.65. The van der Waals surface area contributed by atoms with Crippen LogP contribution in [0.15, 0.2) is 43.0 Å². The molecule has 9 heteroatoms. The van der Waals surface area contributed by atoms with Gasteiger partial charge in [0.15, 0.2) is 5.15 Å². The van der Waals surface area contributed by atoms with Crippen molar-refractivity contribution >= 4 is 40.7 Å². The lowest BCUT2D eigenvalue weighted by molar-refractivity contribution is -0.137. The summed E-state index contributed by atoms with van der Waals surface area (Å²) in [4.78, 5) is 25.1. The predicted octanol–water partition coefficient (Wildman–Crippen LogP) is 3.16. The topological polar surface area (TPSA) is 84.4 Å². The van der Waals surface area contributed by atoms with Crippen molar-refractivity contribution in [3.05, 3.63) is 53.2 Å². The van der Waals surface area contributed by atoms with E-state index >= 15 is 0 Å². The van der Waals surface area contributed by atoms with Gasteiger partial charge >= 0.3 is 0 Å². The highest BCUT2D eigenvalue weighted by atomic mass is 35.5. The van der Waals surface area contributed by atoms with Gasteiger partial charge in [-0.2, -0.15) is 0 Å². The first-order chi connectivity index (χ1) is 12.5. The minimum absolute atomic E-state index is 0.175. The molecule has 2 heterocycles. The van der Waals surface area contributed by atoms with E-state index in [-0.39, 0.29) is 28.8 Å². The maximum absolute atomic E-state index is 12.2. The molecule has 1 N–H and O–H groups in total. The zero-order valence-corrected chi connectivity index (χ0v) is 15.0. The number of rotatable bonds is 5. The molecule has 7 nitrogen and oxygen atoms in total. The van der Waals surface area contributed by atoms with Crippen LogP contribution in [0.3, 0.4) is 0 Å². The fourth-order valence-electron chi connectivity index (χ4n) is 2.33. The maximum Gasteiger partial charge on any atom is 0.246 e. The summed E-state index contributed by atoms with van der Waals surface area (Å²) in [5, 5.41) is 10.8. The fraction of sp³-hybridized carbons (Fsp3) is 0.176. The largest absolute Gasteiger partial charge is 0.436 e. The number of carbonyl (C=O) groups excluding carboxylic acids is 2. The molecule has 0 aliphatic carbocycles. The number of carbonyl (C=O) groups is 2. The molecule has 1 fully saturated rings. The number of likely N-dealkylation sites (tertiary alicyclic amines) is 1. The lowest BCUT2D eigenvalue weighted by Crippen LogP contribution is -2.53. The zero-order chi connectivity index (χ0) is 18.7. The molecule has 0 atom stereocenters. The molecule has 1 aromatic heterocycles. The van der Waals surface area contributed by atoms with Crippen molar-refractivity contribution in [1.29, 1.82) is 0 Å². The monoisotopic (exact) mass is 392 g/mol. The number of nitrogens with one attached hydrogen (secondary N) is 1. The molecule has 134 valence electrons. The second kappa shape index (κ2) is 7.72. The van der Waals surface area contributed by atoms with Crippen LogP contribution in [0.2, 0.25) is 10.2 Å². The van der Waals surface area contributed by atoms with Gasteiger partial charge in [0.05, 0.1) is 10.9 Å². The average molecular weight is 393 g/mol. The van der Waals surface area contributed by atoms with Gasteiger partial charge in [-0.15, -0.1) is 10.2 Å². The van der Waals surface area contributed by atoms with E-state index in [1.165, 1.54) is 6.08 Å². The lowest BCUT2D eigenvalue weighted by atomic mass is 9.99. The summed E-state index contributed by atoms with van der Waals surface area (Å²) in [6.45, 7) is 4.17. The minimum atomic E-state index is -0.252. The van der Waals surface area contributed by atoms with Crippen molar-refractivity contribution in [1.82, 2.24) is 15.1 Å². The van der Waals surface area contributed by atoms with Crippen LogP contribution in [0.25, 0.3) is 0 Å². The molecule has 0 spiro atoms. The summed E-state index contributed by atoms with van der Waals surface area (Å²) in [7, 11) is 0. The van der Waals surface area contributed by atoms with Gasteiger partial charge in [0.1, 0.15) is 5.75 Å². The number of amides is 2. The molecule has 1 aromatic carbocycles. The Morgan fingerprint density at radius 1 is 1.23 bits per heavy atom. The molecular weight excluding hydrogens is 379 g/mol. The van der Waals surface area contributed by atoms with E-state index in [9.17, 15) is 9.59 Å². The summed E-state index contributed by atoms with van der Waals surface area (Å²) in [6, 6.07) is 7.96. The van der Waals surface area contributed by atoms with E-state index in [4.69, 9.17) is 27.9 Å². The molecule has 0 radical (unpaired) electrons. The molecule has 26 heavy (non-hydrogen) atoms. The highest BCUT2D eigenvalue weighted by molar-refractivity contribution is 6.32. The van der Waals surface area contributed by atoms with Gasteiger partial charge in [0, 0.05) is 24.8 Å². The number of nitrogens with zero attached hydrogens (tertiary/aromatic N) is 3. The number of halogens is 2. The highest BCUT2D eigenvalue weighted by Gasteiger charge is 2.34. The van der Waals surface area contributed by atoms with E-state index in [2.05, 4.69) is 22.1 Å². The van der Waals surface area contributed by atoms with E-state index in [1.54, 1.807) is 35.2 Å². The molecule has 0 unspecified atom stereocenters. The van der Waals surface area contributed by atoms with Gasteiger partial charge in [-0.25, -0.2) is 0 Å². The Hall–Kier alpha value is -2.64. The van der Waals surface area contributed by atoms with Crippen LogP contribution in [0.5, 0.6) is 11.6 Å². The molecule has 0 saturated carbocycles. The van der Waals surface area contributed by atoms with Gasteiger partial charge < -0.3 is 15.0 Å². The van der Waals surface area contributed by atoms with Crippen molar-refractivity contribution in [2.24, 2.45) is 5.92 Å². The van der Waals surface area contributed by atoms with E-state index < -0.39 is 0 Å². The molecule has 2 aromatic rings. The maximum atomic E-state index is 12.2. The third kappa shape index (κ3) is 4.12. The van der Waals surface area contributed by atoms with Crippen LogP contribution < -0.4 is 10.1 Å². The Morgan fingerprint density at radius 2 is 2.00 bits per heavy atom. The number of aromatic nitrogens is 2. The van der Waals surface area contributed by atoms with E-state index in [0.29, 0.717) is 29.5 Å². The normalized spacial score (nSPS) is 13.7. The Morgan fingerprint density at radius 3 is 2.62 bits per heavy atom. The Kier molecular flexibility index (Phi) is 5.39. The summed E-state index contributed by atoms with van der Waals surface area (Å²) < 4.78 is 5.53. The van der Waals surface area contributed by atoms with Gasteiger partial charge in [0.2, 0.25) is 17.7 Å². The summed E-state index contributed by atoms with van der Waals surface area (Å²) in [6.07, 6.45) is 1.23. The van der Waals surface area contributed by atoms with Crippen LogP contribution in [-0.2, 0) is 9.59 Å². The first kappa shape index (κ1) is 18.2. The number of benzene rings is 1. The van der Waals surface area contributed by atoms with Crippen molar-refractivity contribution in [3.63, 3.8) is 0 Å². The Bertz CT molecular complexity index is 852. The number of anilines is 1. The number of hydrogen-bond donors (Lipinski definition) is 1. The second-order valence-electron chi connectivity index (χ2n) is 5.58. The van der Waals surface area contributed by atoms with Crippen LogP contribution in [-0.4, -0.2) is 40.0 Å². The Balaban J connectivity index is 1.59. The molecule has 2 amide bonds. The summed E-state index contributed by atoms with van der Waals surface area (Å²) in [5.41, 5.74) is 0.531. The van der Waals surface area contributed by atoms with Crippen molar-refractivity contribution in [2.45, 2.75) is 0 Å². The minimum Gasteiger partial charge on any atom is -0.436 e. The van der Waals surface area contributed by atoms with Gasteiger partial charge in [-0.3, -0.25) is 9.59 Å². The van der Waals surface area contributed by atoms with Crippen LogP contribution in [0.4, 0.5) is 5.69 Å². The smallest absolute Gasteiger partial charge is 0.246 e. The van der Waals surface area contributed by atoms with Crippen molar-refractivity contribution in [3.8, 4) is 11.6 Å². The average Bonchev–Trinajstić information content (AvgIpc) is 2.57. The quantitative estimate of drug-likeness (QED) is 0.789. The van der Waals surface area contributed by atoms with Gasteiger partial charge in [-0.1, -0.05) is 29.8 Å². The number of hydrogen-bond acceptors (Lipinski definition) is 5. The van der Waals surface area contributed by atoms with Crippen molar-refractivity contribution < 1.29 is 14.3 Å². The molecule has 0 bridgehead atoms. The van der Waals surface area contributed by atoms with Crippen LogP contribution >= 0.6 is 23.2 Å². The number of ether oxygens (including phenoxy) is 1. The fourth-order valence-corrected chi connectivity index (χ4v) is 2.65. The molecule has 1 aliphatic heterocycles. The van der Waals surface area contributed by atoms with Crippen molar-refractivity contribution in [2.75, 3.05) is 18.4 Å². The lowest BCUT2D eigenvalue weighted by Gasteiger charge is -2.37. The van der Waals surface area contributed by atoms with Gasteiger partial charge in [-0.05, 0) is 30.3 Å². The predicted molar refractivity (Wildman–Crippen MR) is 97.5 cm³/mol. The van der Waals surface area contributed by atoms with Crippen LogP contribution in [0, 0.1) is 5.92 Å². The zero-order valence-electron chi connectivity index (χ0n) is 13.5. The summed E-state index contributed by atoms with van der Waals surface area (Å²) in [5.74, 6) is 0.00970. The molecule has 1 aliphatic rings. The third-order valence-corrected chi connectivity index (χ3v) is 4.26. The summed E-state index contributed by atoms with van der Waals surface area (Å²) >= 11 is 11.9. The molecule has 1 saturated heterocycles. The standard InChI is InChI=1S/C17H14Cl2N4O3/c1-2-16(24)23-8-10(9-23)17(25)20-11-3-4-13(12(18)7-11)26-15-6-5-14(19)21-22-15/h2-7,10H,1,8-9H2,(H,20,25). The second-order valence-corrected chi connectivity index (χ2v) is 6.37. The van der Waals surface area contributed by atoms with Gasteiger partial charge in [0.25, 0.3) is 0 Å². The van der Waals surface area contributed by atoms with E-state index in [1.807, 2.05) is 0 Å². The van der Waals surface area contributed by atoms with Crippen LogP contribution in [0.1, 0.15) is 0 Å². The SMILES string of the molecule is C=CC(=O)N1CC(C(=O)Nc2ccc(Oc3ccc(Cl)nn3)c(Cl)c2)C1. The van der Waals surface area contributed by atoms with E-state index in [0.717, 1.165) is 0 Å². The first-order valence-corrected chi connectivity index (χ1v) is 8.40. The third-order valence-electron chi connectivity index (χ3n) is 3.76. The Labute approximate surface area is 159 Å². The molecular formula is C17H14Cl2N4O3. The molecule has 3 rings (SSSR count). The highest BCUT2D eigenvalue weighted by Crippen LogP contribution is 2.31.